The van der Waals surface area contributed by atoms with Gasteiger partial charge in [-0.1, -0.05) is 18.2 Å². The summed E-state index contributed by atoms with van der Waals surface area (Å²) in [4.78, 5) is 4.39. The van der Waals surface area contributed by atoms with Gasteiger partial charge in [0.2, 0.25) is 5.90 Å². The number of ether oxygens (including phenoxy) is 1. The molecule has 1 atom stereocenters. The Hall–Kier alpha value is -2.66. The van der Waals surface area contributed by atoms with E-state index in [0.29, 0.717) is 18.2 Å². The molecule has 2 N–H and O–H groups in total. The van der Waals surface area contributed by atoms with Gasteiger partial charge in [0.15, 0.2) is 0 Å². The van der Waals surface area contributed by atoms with Gasteiger partial charge in [0.05, 0.1) is 12.3 Å². The summed E-state index contributed by atoms with van der Waals surface area (Å²) < 4.78 is 20.1. The van der Waals surface area contributed by atoms with Crippen LogP contribution in [-0.2, 0) is 4.74 Å². The first-order valence-corrected chi connectivity index (χ1v) is 9.96. The van der Waals surface area contributed by atoms with E-state index in [2.05, 4.69) is 22.4 Å². The highest BCUT2D eigenvalue weighted by Gasteiger charge is 2.19. The van der Waals surface area contributed by atoms with Gasteiger partial charge < -0.3 is 15.2 Å². The minimum Gasteiger partial charge on any atom is -0.475 e. The van der Waals surface area contributed by atoms with Crippen LogP contribution in [0.25, 0.3) is 17.2 Å². The van der Waals surface area contributed by atoms with E-state index >= 15 is 0 Å². The molecule has 0 fully saturated rings. The Morgan fingerprint density at radius 3 is 2.66 bits per heavy atom. The van der Waals surface area contributed by atoms with Crippen LogP contribution in [-0.4, -0.2) is 36.3 Å². The molecule has 2 aromatic rings. The van der Waals surface area contributed by atoms with E-state index in [-0.39, 0.29) is 24.5 Å². The first kappa shape index (κ1) is 21.1. The Morgan fingerprint density at radius 2 is 2.03 bits per heavy atom. The molecule has 0 unspecified atom stereocenters. The van der Waals surface area contributed by atoms with Crippen molar-refractivity contribution in [3.05, 3.63) is 58.4 Å². The van der Waals surface area contributed by atoms with Gasteiger partial charge in [0, 0.05) is 11.6 Å². The number of rotatable bonds is 6. The molecule has 0 radical (unpaired) electrons. The second-order valence-corrected chi connectivity index (χ2v) is 7.93. The van der Waals surface area contributed by atoms with Crippen molar-refractivity contribution in [3.63, 3.8) is 0 Å². The zero-order valence-electron chi connectivity index (χ0n) is 17.7. The van der Waals surface area contributed by atoms with E-state index < -0.39 is 0 Å². The number of aryl methyl sites for hydroxylation is 2. The second-order valence-electron chi connectivity index (χ2n) is 7.93. The molecule has 0 spiro atoms. The molecule has 5 heteroatoms. The van der Waals surface area contributed by atoms with E-state index in [1.165, 1.54) is 0 Å². The van der Waals surface area contributed by atoms with Crippen LogP contribution in [0.2, 0.25) is 0 Å². The lowest BCUT2D eigenvalue weighted by Gasteiger charge is -2.14. The van der Waals surface area contributed by atoms with E-state index in [1.54, 1.807) is 12.1 Å². The van der Waals surface area contributed by atoms with Crippen LogP contribution >= 0.6 is 0 Å². The number of benzene rings is 2. The normalized spacial score (nSPS) is 16.8. The first-order chi connectivity index (χ1) is 13.8. The van der Waals surface area contributed by atoms with Gasteiger partial charge in [-0.05, 0) is 80.6 Å². The quantitative estimate of drug-likeness (QED) is 0.712. The molecule has 0 saturated heterocycles. The Kier molecular flexibility index (Phi) is 6.38. The highest BCUT2D eigenvalue weighted by Crippen LogP contribution is 2.30. The van der Waals surface area contributed by atoms with Crippen LogP contribution in [0.15, 0.2) is 40.9 Å². The molecular formula is C24H29FN2O2. The fourth-order valence-corrected chi connectivity index (χ4v) is 3.44. The lowest BCUT2D eigenvalue weighted by molar-refractivity contribution is 0.227. The molecule has 29 heavy (non-hydrogen) atoms. The third-order valence-corrected chi connectivity index (χ3v) is 4.97. The lowest BCUT2D eigenvalue weighted by Crippen LogP contribution is -2.10. The minimum atomic E-state index is -0.247. The summed E-state index contributed by atoms with van der Waals surface area (Å²) in [6.45, 7) is 10.4. The topological polar surface area (TPSA) is 53.9 Å². The molecule has 0 aromatic heterocycles. The number of hydrogen-bond acceptors (Lipinski definition) is 4. The summed E-state index contributed by atoms with van der Waals surface area (Å²) >= 11 is 0. The molecule has 0 bridgehead atoms. The number of nitrogens with one attached hydrogen (secondary N) is 1. The summed E-state index contributed by atoms with van der Waals surface area (Å²) in [7, 11) is 0. The number of hydrogen-bond donors (Lipinski definition) is 2. The molecular weight excluding hydrogens is 367 g/mol. The zero-order valence-corrected chi connectivity index (χ0v) is 17.7. The molecule has 1 aliphatic heterocycles. The van der Waals surface area contributed by atoms with Crippen molar-refractivity contribution in [2.75, 3.05) is 18.5 Å². The van der Waals surface area contributed by atoms with Crippen LogP contribution in [0.1, 0.15) is 37.5 Å². The summed E-state index contributed by atoms with van der Waals surface area (Å²) in [6, 6.07) is 9.52. The smallest absolute Gasteiger partial charge is 0.212 e. The standard InChI is InChI=1S/C24H29FN2O2/c1-14(2)26-23-7-6-18(11-22(23)25)21-10-15(3)19(8-16(21)4)9-17(5)24-27-20(12-28)13-29-24/h6-11,14,20,26,28H,12-13H2,1-5H3/t20-/m0/s1. The van der Waals surface area contributed by atoms with E-state index in [1.807, 2.05) is 46.8 Å². The average Bonchev–Trinajstić information content (AvgIpc) is 3.15. The number of anilines is 1. The zero-order chi connectivity index (χ0) is 21.1. The van der Waals surface area contributed by atoms with Crippen LogP contribution < -0.4 is 5.32 Å². The first-order valence-electron chi connectivity index (χ1n) is 9.96. The van der Waals surface area contributed by atoms with Crippen molar-refractivity contribution in [2.24, 2.45) is 4.99 Å². The Balaban J connectivity index is 1.90. The molecule has 0 amide bonds. The van der Waals surface area contributed by atoms with Gasteiger partial charge >= 0.3 is 0 Å². The van der Waals surface area contributed by atoms with Crippen molar-refractivity contribution < 1.29 is 14.2 Å². The summed E-state index contributed by atoms with van der Waals surface area (Å²) in [6.07, 6.45) is 2.04. The molecule has 154 valence electrons. The third-order valence-electron chi connectivity index (χ3n) is 4.97. The third kappa shape index (κ3) is 4.85. The SMILES string of the molecule is CC(=Cc1cc(C)c(-c2ccc(NC(C)C)c(F)c2)cc1C)C1=N[C@@H](CO)CO1. The van der Waals surface area contributed by atoms with Gasteiger partial charge in [0.25, 0.3) is 0 Å². The Morgan fingerprint density at radius 1 is 1.28 bits per heavy atom. The van der Waals surface area contributed by atoms with E-state index in [9.17, 15) is 9.50 Å². The van der Waals surface area contributed by atoms with Crippen molar-refractivity contribution >= 4 is 17.7 Å². The maximum atomic E-state index is 14.5. The molecule has 4 nitrogen and oxygen atoms in total. The Labute approximate surface area is 172 Å². The van der Waals surface area contributed by atoms with Gasteiger partial charge in [-0.15, -0.1) is 0 Å². The van der Waals surface area contributed by atoms with Crippen molar-refractivity contribution in [3.8, 4) is 11.1 Å². The number of halogens is 1. The second kappa shape index (κ2) is 8.78. The highest BCUT2D eigenvalue weighted by molar-refractivity contribution is 5.98. The molecule has 1 heterocycles. The maximum Gasteiger partial charge on any atom is 0.212 e. The number of aliphatic hydroxyl groups is 1. The number of nitrogens with zero attached hydrogens (tertiary/aromatic N) is 1. The molecule has 3 rings (SSSR count). The molecule has 1 aliphatic rings. The summed E-state index contributed by atoms with van der Waals surface area (Å²) in [5.74, 6) is 0.336. The predicted octanol–water partition coefficient (Wildman–Crippen LogP) is 5.12. The van der Waals surface area contributed by atoms with E-state index in [0.717, 1.165) is 33.4 Å². The average molecular weight is 397 g/mol. The van der Waals surface area contributed by atoms with Crippen molar-refractivity contribution in [1.82, 2.24) is 0 Å². The van der Waals surface area contributed by atoms with Crippen LogP contribution in [0, 0.1) is 19.7 Å². The monoisotopic (exact) mass is 396 g/mol. The van der Waals surface area contributed by atoms with Crippen LogP contribution in [0.3, 0.4) is 0 Å². The number of aliphatic hydroxyl groups excluding tert-OH is 1. The Bertz CT molecular complexity index is 964. The highest BCUT2D eigenvalue weighted by atomic mass is 19.1. The maximum absolute atomic E-state index is 14.5. The van der Waals surface area contributed by atoms with Crippen LogP contribution in [0.4, 0.5) is 10.1 Å². The lowest BCUT2D eigenvalue weighted by atomic mass is 9.94. The number of aliphatic imine (C=N–C) groups is 1. The molecule has 2 aromatic carbocycles. The van der Waals surface area contributed by atoms with Crippen molar-refractivity contribution in [2.45, 2.75) is 46.7 Å². The van der Waals surface area contributed by atoms with Gasteiger partial charge in [0.1, 0.15) is 18.5 Å². The predicted molar refractivity (Wildman–Crippen MR) is 118 cm³/mol. The molecule has 0 aliphatic carbocycles. The van der Waals surface area contributed by atoms with E-state index in [4.69, 9.17) is 4.74 Å². The fraction of sp³-hybridized carbons (Fsp3) is 0.375. The van der Waals surface area contributed by atoms with Crippen molar-refractivity contribution in [1.29, 1.82) is 0 Å². The minimum absolute atomic E-state index is 0.00828. The van der Waals surface area contributed by atoms with Gasteiger partial charge in [-0.3, -0.25) is 0 Å². The van der Waals surface area contributed by atoms with Crippen LogP contribution in [0.5, 0.6) is 0 Å². The van der Waals surface area contributed by atoms with Gasteiger partial charge in [-0.25, -0.2) is 9.38 Å². The molecule has 0 saturated carbocycles. The largest absolute Gasteiger partial charge is 0.475 e. The van der Waals surface area contributed by atoms with Gasteiger partial charge in [-0.2, -0.15) is 0 Å². The summed E-state index contributed by atoms with van der Waals surface area (Å²) in [5, 5.41) is 12.3. The summed E-state index contributed by atoms with van der Waals surface area (Å²) in [5.41, 5.74) is 6.55. The fourth-order valence-electron chi connectivity index (χ4n) is 3.44.